The monoisotopic (exact) mass is 418 g/mol. The molecule has 1 aliphatic heterocycles. The Balaban J connectivity index is 1.68. The third-order valence-electron chi connectivity index (χ3n) is 4.34. The smallest absolute Gasteiger partial charge is 0.237 e. The lowest BCUT2D eigenvalue weighted by molar-refractivity contribution is -0.116. The highest BCUT2D eigenvalue weighted by atomic mass is 32.2. The first kappa shape index (κ1) is 20.4. The quantitative estimate of drug-likeness (QED) is 0.775. The number of thioether (sulfide) groups is 1. The number of fused-ring (bicyclic) bond motifs is 1. The van der Waals surface area contributed by atoms with E-state index >= 15 is 0 Å². The molecule has 0 spiro atoms. The molecule has 0 radical (unpaired) electrons. The van der Waals surface area contributed by atoms with Crippen molar-refractivity contribution in [1.82, 2.24) is 0 Å². The molecular formula is C20H22N2O4S2. The van der Waals surface area contributed by atoms with E-state index in [1.807, 2.05) is 32.0 Å². The number of carbonyl (C=O) groups is 2. The first-order valence-electron chi connectivity index (χ1n) is 8.86. The van der Waals surface area contributed by atoms with Crippen LogP contribution in [0.3, 0.4) is 0 Å². The minimum absolute atomic E-state index is 0.0981. The van der Waals surface area contributed by atoms with Crippen LogP contribution in [0.1, 0.15) is 24.5 Å². The molecule has 1 heterocycles. The lowest BCUT2D eigenvalue weighted by atomic mass is 10.1. The summed E-state index contributed by atoms with van der Waals surface area (Å²) in [6, 6.07) is 10.3. The van der Waals surface area contributed by atoms with Crippen molar-refractivity contribution in [3.8, 4) is 0 Å². The van der Waals surface area contributed by atoms with Crippen molar-refractivity contribution >= 4 is 44.8 Å². The molecule has 2 N–H and O–H groups in total. The SMILES string of the molecule is Cc1cc(C)cc(NC(=O)CCS(=O)(=O)c2ccc3c(c2)NC(=O)[C@H](C)S3)c1. The lowest BCUT2D eigenvalue weighted by Gasteiger charge is -2.21. The molecule has 0 fully saturated rings. The van der Waals surface area contributed by atoms with Gasteiger partial charge in [-0.15, -0.1) is 11.8 Å². The van der Waals surface area contributed by atoms with Crippen LogP contribution in [-0.4, -0.2) is 31.2 Å². The van der Waals surface area contributed by atoms with Crippen LogP contribution >= 0.6 is 11.8 Å². The number of carbonyl (C=O) groups excluding carboxylic acids is 2. The van der Waals surface area contributed by atoms with Gasteiger partial charge < -0.3 is 10.6 Å². The van der Waals surface area contributed by atoms with Gasteiger partial charge in [0.25, 0.3) is 0 Å². The summed E-state index contributed by atoms with van der Waals surface area (Å²) in [6.07, 6.45) is -0.148. The van der Waals surface area contributed by atoms with Crippen molar-refractivity contribution in [1.29, 1.82) is 0 Å². The first-order chi connectivity index (χ1) is 13.1. The number of nitrogens with one attached hydrogen (secondary N) is 2. The highest BCUT2D eigenvalue weighted by molar-refractivity contribution is 8.01. The van der Waals surface area contributed by atoms with E-state index in [0.717, 1.165) is 16.0 Å². The fourth-order valence-corrected chi connectivity index (χ4v) is 5.19. The van der Waals surface area contributed by atoms with E-state index < -0.39 is 9.84 Å². The van der Waals surface area contributed by atoms with Gasteiger partial charge in [0, 0.05) is 17.0 Å². The van der Waals surface area contributed by atoms with E-state index in [2.05, 4.69) is 10.6 Å². The van der Waals surface area contributed by atoms with E-state index in [-0.39, 0.29) is 34.1 Å². The molecule has 2 aromatic carbocycles. The Morgan fingerprint density at radius 1 is 1.14 bits per heavy atom. The summed E-state index contributed by atoms with van der Waals surface area (Å²) >= 11 is 1.39. The highest BCUT2D eigenvalue weighted by Crippen LogP contribution is 2.36. The Hall–Kier alpha value is -2.32. The van der Waals surface area contributed by atoms with Crippen LogP contribution in [0.15, 0.2) is 46.2 Å². The van der Waals surface area contributed by atoms with Gasteiger partial charge in [-0.2, -0.15) is 0 Å². The summed E-state index contributed by atoms with van der Waals surface area (Å²) in [6.45, 7) is 5.66. The van der Waals surface area contributed by atoms with E-state index in [4.69, 9.17) is 0 Å². The molecule has 0 saturated heterocycles. The molecule has 0 aliphatic carbocycles. The number of rotatable bonds is 5. The number of amides is 2. The second-order valence-corrected chi connectivity index (χ2v) is 10.4. The number of hydrogen-bond acceptors (Lipinski definition) is 5. The maximum atomic E-state index is 12.6. The maximum Gasteiger partial charge on any atom is 0.237 e. The number of hydrogen-bond donors (Lipinski definition) is 2. The van der Waals surface area contributed by atoms with Crippen LogP contribution in [-0.2, 0) is 19.4 Å². The minimum atomic E-state index is -3.65. The van der Waals surface area contributed by atoms with Crippen molar-refractivity contribution in [2.24, 2.45) is 0 Å². The van der Waals surface area contributed by atoms with Gasteiger partial charge in [0.1, 0.15) is 0 Å². The Bertz CT molecular complexity index is 1030. The van der Waals surface area contributed by atoms with Crippen LogP contribution in [0.2, 0.25) is 0 Å². The van der Waals surface area contributed by atoms with Gasteiger partial charge in [-0.05, 0) is 62.2 Å². The molecule has 148 valence electrons. The van der Waals surface area contributed by atoms with Crippen molar-refractivity contribution < 1.29 is 18.0 Å². The summed E-state index contributed by atoms with van der Waals surface area (Å²) in [4.78, 5) is 24.9. The summed E-state index contributed by atoms with van der Waals surface area (Å²) in [5, 5.41) is 5.25. The van der Waals surface area contributed by atoms with E-state index in [0.29, 0.717) is 11.4 Å². The predicted octanol–water partition coefficient (Wildman–Crippen LogP) is 3.54. The van der Waals surface area contributed by atoms with Gasteiger partial charge in [0.2, 0.25) is 11.8 Å². The molecule has 0 bridgehead atoms. The minimum Gasteiger partial charge on any atom is -0.326 e. The van der Waals surface area contributed by atoms with E-state index in [1.54, 1.807) is 13.0 Å². The molecule has 2 aromatic rings. The third kappa shape index (κ3) is 4.74. The predicted molar refractivity (Wildman–Crippen MR) is 112 cm³/mol. The average Bonchev–Trinajstić information content (AvgIpc) is 2.60. The largest absolute Gasteiger partial charge is 0.326 e. The molecule has 6 nitrogen and oxygen atoms in total. The number of aryl methyl sites for hydroxylation is 2. The van der Waals surface area contributed by atoms with Crippen LogP contribution in [0, 0.1) is 13.8 Å². The maximum absolute atomic E-state index is 12.6. The second kappa shape index (κ2) is 7.97. The first-order valence-corrected chi connectivity index (χ1v) is 11.4. The molecule has 1 aliphatic rings. The zero-order chi connectivity index (χ0) is 20.5. The molecule has 28 heavy (non-hydrogen) atoms. The average molecular weight is 419 g/mol. The molecule has 0 unspecified atom stereocenters. The topological polar surface area (TPSA) is 92.3 Å². The fourth-order valence-electron chi connectivity index (χ4n) is 3.00. The molecule has 3 rings (SSSR count). The molecule has 0 aromatic heterocycles. The van der Waals surface area contributed by atoms with Gasteiger partial charge in [-0.1, -0.05) is 6.07 Å². The zero-order valence-corrected chi connectivity index (χ0v) is 17.5. The Morgan fingerprint density at radius 2 is 1.82 bits per heavy atom. The Morgan fingerprint density at radius 3 is 2.50 bits per heavy atom. The molecule has 8 heteroatoms. The molecule has 0 saturated carbocycles. The molecule has 2 amide bonds. The summed E-state index contributed by atoms with van der Waals surface area (Å²) < 4.78 is 25.3. The highest BCUT2D eigenvalue weighted by Gasteiger charge is 2.25. The van der Waals surface area contributed by atoms with Crippen molar-refractivity contribution in [3.63, 3.8) is 0 Å². The normalized spacial score (nSPS) is 16.2. The van der Waals surface area contributed by atoms with Gasteiger partial charge in [0.15, 0.2) is 9.84 Å². The van der Waals surface area contributed by atoms with Crippen LogP contribution < -0.4 is 10.6 Å². The van der Waals surface area contributed by atoms with Crippen LogP contribution in [0.25, 0.3) is 0 Å². The van der Waals surface area contributed by atoms with Crippen molar-refractivity contribution in [3.05, 3.63) is 47.5 Å². The molecule has 1 atom stereocenters. The standard InChI is InChI=1S/C20H22N2O4S2/c1-12-8-13(2)10-15(9-12)21-19(23)6-7-28(25,26)16-4-5-18-17(11-16)22-20(24)14(3)27-18/h4-5,8-11,14H,6-7H2,1-3H3,(H,21,23)(H,22,24)/t14-/m0/s1. The Labute approximate surface area is 169 Å². The molecular weight excluding hydrogens is 396 g/mol. The third-order valence-corrected chi connectivity index (χ3v) is 7.24. The van der Waals surface area contributed by atoms with Gasteiger partial charge in [0.05, 0.1) is 21.6 Å². The zero-order valence-electron chi connectivity index (χ0n) is 15.9. The summed E-state index contributed by atoms with van der Waals surface area (Å²) in [7, 11) is -3.65. The second-order valence-electron chi connectivity index (χ2n) is 6.90. The van der Waals surface area contributed by atoms with Crippen molar-refractivity contribution in [2.75, 3.05) is 16.4 Å². The number of sulfone groups is 1. The van der Waals surface area contributed by atoms with Crippen LogP contribution in [0.5, 0.6) is 0 Å². The van der Waals surface area contributed by atoms with Gasteiger partial charge >= 0.3 is 0 Å². The summed E-state index contributed by atoms with van der Waals surface area (Å²) in [5.41, 5.74) is 3.19. The van der Waals surface area contributed by atoms with E-state index in [1.165, 1.54) is 23.9 Å². The summed E-state index contributed by atoms with van der Waals surface area (Å²) in [5.74, 6) is -0.816. The van der Waals surface area contributed by atoms with Gasteiger partial charge in [-0.3, -0.25) is 9.59 Å². The number of anilines is 2. The number of benzene rings is 2. The van der Waals surface area contributed by atoms with E-state index in [9.17, 15) is 18.0 Å². The van der Waals surface area contributed by atoms with Crippen LogP contribution in [0.4, 0.5) is 11.4 Å². The van der Waals surface area contributed by atoms with Gasteiger partial charge in [-0.25, -0.2) is 8.42 Å². The Kier molecular flexibility index (Phi) is 5.81. The lowest BCUT2D eigenvalue weighted by Crippen LogP contribution is -2.26. The van der Waals surface area contributed by atoms with Crippen molar-refractivity contribution in [2.45, 2.75) is 42.2 Å². The fraction of sp³-hybridized carbons (Fsp3) is 0.300.